The summed E-state index contributed by atoms with van der Waals surface area (Å²) in [4.78, 5) is 9.77. The molecule has 0 bridgehead atoms. The number of aliphatic hydroxyl groups is 2. The first-order valence-corrected chi connectivity index (χ1v) is 8.41. The van der Waals surface area contributed by atoms with E-state index in [0.717, 1.165) is 12.8 Å². The SMILES string of the molecule is COc1cccc(OC)c1C1=C(C2CC2)N=C(O)CC1(O)N1NC=CO1. The number of allylic oxidation sites excluding steroid dienone is 1. The molecule has 138 valence electrons. The van der Waals surface area contributed by atoms with Crippen molar-refractivity contribution in [3.63, 3.8) is 0 Å². The maximum Gasteiger partial charge on any atom is 0.209 e. The van der Waals surface area contributed by atoms with E-state index in [1.807, 2.05) is 6.07 Å². The van der Waals surface area contributed by atoms with Crippen molar-refractivity contribution >= 4 is 11.5 Å². The lowest BCUT2D eigenvalue weighted by Gasteiger charge is -2.39. The zero-order valence-electron chi connectivity index (χ0n) is 14.6. The molecule has 0 saturated heterocycles. The molecule has 0 spiro atoms. The highest BCUT2D eigenvalue weighted by atomic mass is 16.7. The van der Waals surface area contributed by atoms with Crippen LogP contribution in [0.5, 0.6) is 11.5 Å². The van der Waals surface area contributed by atoms with Crippen molar-refractivity contribution < 1.29 is 24.5 Å². The van der Waals surface area contributed by atoms with Crippen LogP contribution >= 0.6 is 0 Å². The van der Waals surface area contributed by atoms with Gasteiger partial charge in [-0.3, -0.25) is 5.43 Å². The van der Waals surface area contributed by atoms with Gasteiger partial charge < -0.3 is 24.5 Å². The summed E-state index contributed by atoms with van der Waals surface area (Å²) in [6.07, 6.45) is 4.70. The molecule has 4 rings (SSSR count). The molecule has 3 aliphatic rings. The van der Waals surface area contributed by atoms with Crippen LogP contribution in [0.25, 0.3) is 5.57 Å². The quantitative estimate of drug-likeness (QED) is 0.741. The molecule has 1 atom stereocenters. The van der Waals surface area contributed by atoms with E-state index < -0.39 is 5.72 Å². The third-order valence-electron chi connectivity index (χ3n) is 4.71. The second-order valence-electron chi connectivity index (χ2n) is 6.43. The molecule has 1 fully saturated rings. The number of hydrazine groups is 1. The molecular formula is C18H21N3O5. The van der Waals surface area contributed by atoms with Crippen molar-refractivity contribution in [1.29, 1.82) is 0 Å². The third kappa shape index (κ3) is 2.58. The van der Waals surface area contributed by atoms with Crippen LogP contribution in [0.3, 0.4) is 0 Å². The van der Waals surface area contributed by atoms with Gasteiger partial charge in [-0.25, -0.2) is 4.99 Å². The van der Waals surface area contributed by atoms with Crippen LogP contribution in [-0.2, 0) is 4.84 Å². The molecule has 1 aromatic carbocycles. The zero-order chi connectivity index (χ0) is 18.3. The Hall–Kier alpha value is -2.71. The fourth-order valence-corrected chi connectivity index (χ4v) is 3.41. The summed E-state index contributed by atoms with van der Waals surface area (Å²) in [6, 6.07) is 5.41. The Labute approximate surface area is 150 Å². The van der Waals surface area contributed by atoms with Crippen molar-refractivity contribution in [2.75, 3.05) is 14.2 Å². The van der Waals surface area contributed by atoms with Gasteiger partial charge in [0.2, 0.25) is 5.72 Å². The van der Waals surface area contributed by atoms with Gasteiger partial charge in [-0.15, -0.1) is 0 Å². The number of hydroxylamine groups is 1. The maximum atomic E-state index is 11.6. The van der Waals surface area contributed by atoms with Crippen LogP contribution in [0.2, 0.25) is 0 Å². The van der Waals surface area contributed by atoms with Crippen LogP contribution in [0, 0.1) is 5.92 Å². The summed E-state index contributed by atoms with van der Waals surface area (Å²) in [5, 5.41) is 23.1. The topological polar surface area (TPSA) is 95.8 Å². The fraction of sp³-hybridized carbons (Fsp3) is 0.389. The number of aliphatic hydroxyl groups excluding tert-OH is 1. The van der Waals surface area contributed by atoms with Crippen molar-refractivity contribution in [2.45, 2.75) is 25.0 Å². The third-order valence-corrected chi connectivity index (χ3v) is 4.71. The number of nitrogens with one attached hydrogen (secondary N) is 1. The summed E-state index contributed by atoms with van der Waals surface area (Å²) < 4.78 is 11.1. The second-order valence-corrected chi connectivity index (χ2v) is 6.43. The van der Waals surface area contributed by atoms with Crippen LogP contribution in [0.15, 0.2) is 41.4 Å². The Bertz CT molecular complexity index is 785. The first-order valence-electron chi connectivity index (χ1n) is 8.41. The van der Waals surface area contributed by atoms with E-state index in [9.17, 15) is 10.2 Å². The van der Waals surface area contributed by atoms with E-state index >= 15 is 0 Å². The minimum atomic E-state index is -1.70. The lowest BCUT2D eigenvalue weighted by atomic mass is 9.86. The largest absolute Gasteiger partial charge is 0.496 e. The molecule has 2 aliphatic heterocycles. The molecule has 0 aromatic heterocycles. The fourth-order valence-electron chi connectivity index (χ4n) is 3.41. The van der Waals surface area contributed by atoms with Crippen molar-refractivity contribution in [3.05, 3.63) is 41.9 Å². The zero-order valence-corrected chi connectivity index (χ0v) is 14.6. The first kappa shape index (κ1) is 16.7. The van der Waals surface area contributed by atoms with Crippen LogP contribution in [-0.4, -0.2) is 41.2 Å². The van der Waals surface area contributed by atoms with Crippen LogP contribution in [0.1, 0.15) is 24.8 Å². The number of benzene rings is 1. The minimum absolute atomic E-state index is 0.144. The van der Waals surface area contributed by atoms with Crippen molar-refractivity contribution in [3.8, 4) is 11.5 Å². The van der Waals surface area contributed by atoms with Gasteiger partial charge in [0.15, 0.2) is 5.90 Å². The Morgan fingerprint density at radius 1 is 1.27 bits per heavy atom. The summed E-state index contributed by atoms with van der Waals surface area (Å²) >= 11 is 0. The van der Waals surface area contributed by atoms with Gasteiger partial charge in [0.25, 0.3) is 0 Å². The Balaban J connectivity index is 1.98. The van der Waals surface area contributed by atoms with Gasteiger partial charge in [-0.05, 0) is 30.1 Å². The molecule has 8 heteroatoms. The van der Waals surface area contributed by atoms with Gasteiger partial charge in [0, 0.05) is 11.5 Å². The minimum Gasteiger partial charge on any atom is -0.496 e. The first-order chi connectivity index (χ1) is 12.6. The second kappa shape index (κ2) is 6.22. The number of hydrogen-bond acceptors (Lipinski definition) is 7. The molecule has 3 N–H and O–H groups in total. The predicted molar refractivity (Wildman–Crippen MR) is 94.0 cm³/mol. The highest BCUT2D eigenvalue weighted by Crippen LogP contribution is 2.51. The summed E-state index contributed by atoms with van der Waals surface area (Å²) in [6.45, 7) is 0. The molecule has 1 aromatic rings. The summed E-state index contributed by atoms with van der Waals surface area (Å²) in [5.41, 5.74) is 2.86. The molecule has 1 aliphatic carbocycles. The highest BCUT2D eigenvalue weighted by molar-refractivity contribution is 5.91. The van der Waals surface area contributed by atoms with E-state index in [0.29, 0.717) is 28.3 Å². The number of aliphatic imine (C=N–C) groups is 1. The van der Waals surface area contributed by atoms with Gasteiger partial charge in [-0.2, -0.15) is 0 Å². The average molecular weight is 359 g/mol. The van der Waals surface area contributed by atoms with E-state index in [-0.39, 0.29) is 18.2 Å². The number of hydrogen-bond donors (Lipinski definition) is 3. The average Bonchev–Trinajstić information content (AvgIpc) is 3.33. The molecule has 8 nitrogen and oxygen atoms in total. The van der Waals surface area contributed by atoms with Crippen molar-refractivity contribution in [1.82, 2.24) is 10.6 Å². The monoisotopic (exact) mass is 359 g/mol. The van der Waals surface area contributed by atoms with Gasteiger partial charge in [-0.1, -0.05) is 6.07 Å². The number of nitrogens with zero attached hydrogens (tertiary/aromatic N) is 2. The van der Waals surface area contributed by atoms with Gasteiger partial charge >= 0.3 is 0 Å². The van der Waals surface area contributed by atoms with E-state index in [1.54, 1.807) is 32.6 Å². The smallest absolute Gasteiger partial charge is 0.209 e. The molecule has 0 amide bonds. The molecule has 1 unspecified atom stereocenters. The normalized spacial score (nSPS) is 25.6. The lowest BCUT2D eigenvalue weighted by molar-refractivity contribution is -0.246. The van der Waals surface area contributed by atoms with Crippen molar-refractivity contribution in [2.24, 2.45) is 10.9 Å². The Morgan fingerprint density at radius 2 is 1.96 bits per heavy atom. The Kier molecular flexibility index (Phi) is 4.01. The highest BCUT2D eigenvalue weighted by Gasteiger charge is 2.51. The van der Waals surface area contributed by atoms with Gasteiger partial charge in [0.1, 0.15) is 17.8 Å². The number of methoxy groups -OCH3 is 2. The predicted octanol–water partition coefficient (Wildman–Crippen LogP) is 2.10. The van der Waals surface area contributed by atoms with E-state index in [1.165, 1.54) is 11.4 Å². The lowest BCUT2D eigenvalue weighted by Crippen LogP contribution is -2.54. The van der Waals surface area contributed by atoms with E-state index in [2.05, 4.69) is 10.4 Å². The molecule has 0 radical (unpaired) electrons. The molecular weight excluding hydrogens is 338 g/mol. The summed E-state index contributed by atoms with van der Waals surface area (Å²) in [5.74, 6) is 1.09. The number of ether oxygens (including phenoxy) is 2. The molecule has 2 heterocycles. The number of rotatable bonds is 5. The van der Waals surface area contributed by atoms with E-state index in [4.69, 9.17) is 14.3 Å². The Morgan fingerprint density at radius 3 is 2.50 bits per heavy atom. The summed E-state index contributed by atoms with van der Waals surface area (Å²) in [7, 11) is 3.12. The standard InChI is InChI=1S/C18H21N3O5/c1-24-12-4-3-5-13(25-2)15(12)16-17(11-6-7-11)20-14(22)10-18(16,23)21-19-8-9-26-21/h3-5,8-9,11,19,23H,6-7,10H2,1-2H3,(H,20,22). The van der Waals surface area contributed by atoms with Gasteiger partial charge in [0.05, 0.1) is 38.1 Å². The van der Waals surface area contributed by atoms with Crippen LogP contribution < -0.4 is 14.9 Å². The molecule has 26 heavy (non-hydrogen) atoms. The van der Waals surface area contributed by atoms with Crippen LogP contribution in [0.4, 0.5) is 0 Å². The molecule has 1 saturated carbocycles. The maximum absolute atomic E-state index is 11.6.